The summed E-state index contributed by atoms with van der Waals surface area (Å²) >= 11 is 0. The van der Waals surface area contributed by atoms with Crippen molar-refractivity contribution in [1.82, 2.24) is 19.9 Å². The molecular formula is C13H17N5O2. The molecule has 0 aliphatic carbocycles. The second kappa shape index (κ2) is 6.65. The van der Waals surface area contributed by atoms with Crippen LogP contribution >= 0.6 is 0 Å². The number of aryl methyl sites for hydroxylation is 1. The molecule has 0 fully saturated rings. The van der Waals surface area contributed by atoms with E-state index in [-0.39, 0.29) is 12.0 Å². The third-order valence-electron chi connectivity index (χ3n) is 2.47. The molecule has 0 aliphatic rings. The van der Waals surface area contributed by atoms with Gasteiger partial charge in [-0.2, -0.15) is 9.97 Å². The molecule has 0 aromatic carbocycles. The average Bonchev–Trinajstić information content (AvgIpc) is 2.47. The van der Waals surface area contributed by atoms with Crippen molar-refractivity contribution in [3.63, 3.8) is 0 Å². The van der Waals surface area contributed by atoms with Gasteiger partial charge in [0.25, 0.3) is 0 Å². The molecule has 1 N–H and O–H groups in total. The normalized spacial score (nSPS) is 10.2. The Hall–Kier alpha value is -2.44. The second-order valence-electron chi connectivity index (χ2n) is 4.04. The van der Waals surface area contributed by atoms with Gasteiger partial charge >= 0.3 is 12.0 Å². The van der Waals surface area contributed by atoms with Crippen LogP contribution in [0.3, 0.4) is 0 Å². The predicted molar refractivity (Wildman–Crippen MR) is 74.2 cm³/mol. The fourth-order valence-corrected chi connectivity index (χ4v) is 1.47. The van der Waals surface area contributed by atoms with Crippen molar-refractivity contribution < 1.29 is 9.47 Å². The minimum absolute atomic E-state index is 0.173. The third kappa shape index (κ3) is 3.53. The van der Waals surface area contributed by atoms with E-state index in [4.69, 9.17) is 9.47 Å². The van der Waals surface area contributed by atoms with E-state index in [0.29, 0.717) is 11.7 Å². The number of hydrogen-bond donors (Lipinski definition) is 1. The number of ether oxygens (including phenoxy) is 2. The van der Waals surface area contributed by atoms with Crippen molar-refractivity contribution in [3.8, 4) is 17.8 Å². The molecule has 7 nitrogen and oxygen atoms in total. The van der Waals surface area contributed by atoms with Crippen LogP contribution in [-0.4, -0.2) is 33.6 Å². The highest BCUT2D eigenvalue weighted by molar-refractivity contribution is 5.31. The molecule has 0 unspecified atom stereocenters. The summed E-state index contributed by atoms with van der Waals surface area (Å²) in [5.74, 6) is 1.03. The number of hydrogen-bond acceptors (Lipinski definition) is 7. The van der Waals surface area contributed by atoms with Crippen molar-refractivity contribution in [2.24, 2.45) is 0 Å². The van der Waals surface area contributed by atoms with Crippen molar-refractivity contribution >= 4 is 5.95 Å². The lowest BCUT2D eigenvalue weighted by Gasteiger charge is -2.09. The molecule has 2 heterocycles. The maximum Gasteiger partial charge on any atom is 0.330 e. The molecule has 0 atom stereocenters. The second-order valence-corrected chi connectivity index (χ2v) is 4.04. The van der Waals surface area contributed by atoms with E-state index in [1.165, 1.54) is 7.11 Å². The lowest BCUT2D eigenvalue weighted by Crippen LogP contribution is -2.07. The van der Waals surface area contributed by atoms with E-state index >= 15 is 0 Å². The van der Waals surface area contributed by atoms with Gasteiger partial charge in [-0.3, -0.25) is 4.98 Å². The van der Waals surface area contributed by atoms with Crippen molar-refractivity contribution in [1.29, 1.82) is 0 Å². The predicted octanol–water partition coefficient (Wildman–Crippen LogP) is 2.20. The molecule has 2 aromatic rings. The van der Waals surface area contributed by atoms with E-state index < -0.39 is 0 Å². The highest BCUT2D eigenvalue weighted by atomic mass is 16.5. The molecule has 106 valence electrons. The number of nitrogens with one attached hydrogen (secondary N) is 1. The van der Waals surface area contributed by atoms with Crippen molar-refractivity contribution in [3.05, 3.63) is 24.0 Å². The molecule has 0 amide bonds. The van der Waals surface area contributed by atoms with Gasteiger partial charge in [-0.15, -0.1) is 4.98 Å². The quantitative estimate of drug-likeness (QED) is 0.865. The molecule has 0 bridgehead atoms. The smallest absolute Gasteiger partial charge is 0.330 e. The van der Waals surface area contributed by atoms with Crippen LogP contribution in [0.2, 0.25) is 0 Å². The molecule has 7 heteroatoms. The fraction of sp³-hybridized carbons (Fsp3) is 0.385. The molecule has 2 aromatic heterocycles. The first-order valence-corrected chi connectivity index (χ1v) is 6.36. The topological polar surface area (TPSA) is 82.1 Å². The Morgan fingerprint density at radius 2 is 2.00 bits per heavy atom. The maximum atomic E-state index is 5.63. The van der Waals surface area contributed by atoms with Crippen molar-refractivity contribution in [2.45, 2.75) is 20.3 Å². The number of methoxy groups -OCH3 is 1. The van der Waals surface area contributed by atoms with Crippen LogP contribution in [0.1, 0.15) is 19.0 Å². The summed E-state index contributed by atoms with van der Waals surface area (Å²) in [5.41, 5.74) is 0.759. The SMILES string of the molecule is CCCNc1nc(OC)nc(Oc2cccnc2C)n1. The maximum absolute atomic E-state index is 5.63. The van der Waals surface area contributed by atoms with Gasteiger partial charge in [-0.25, -0.2) is 0 Å². The van der Waals surface area contributed by atoms with Crippen LogP contribution in [0.5, 0.6) is 17.8 Å². The highest BCUT2D eigenvalue weighted by Crippen LogP contribution is 2.22. The van der Waals surface area contributed by atoms with Gasteiger partial charge in [0.2, 0.25) is 5.95 Å². The summed E-state index contributed by atoms with van der Waals surface area (Å²) < 4.78 is 10.7. The molecule has 0 saturated carbocycles. The van der Waals surface area contributed by atoms with Gasteiger partial charge in [0, 0.05) is 12.7 Å². The number of pyridine rings is 1. The van der Waals surface area contributed by atoms with Gasteiger partial charge in [0.1, 0.15) is 0 Å². The van der Waals surface area contributed by atoms with E-state index in [1.54, 1.807) is 18.3 Å². The van der Waals surface area contributed by atoms with E-state index in [2.05, 4.69) is 32.2 Å². The summed E-state index contributed by atoms with van der Waals surface area (Å²) in [6.07, 6.45) is 2.66. The minimum atomic E-state index is 0.173. The average molecular weight is 275 g/mol. The summed E-state index contributed by atoms with van der Waals surface area (Å²) in [7, 11) is 1.50. The zero-order valence-electron chi connectivity index (χ0n) is 11.8. The van der Waals surface area contributed by atoms with Gasteiger partial charge in [-0.1, -0.05) is 6.92 Å². The van der Waals surface area contributed by atoms with Crippen LogP contribution in [0.15, 0.2) is 18.3 Å². The lowest BCUT2D eigenvalue weighted by molar-refractivity contribution is 0.359. The van der Waals surface area contributed by atoms with Crippen LogP contribution < -0.4 is 14.8 Å². The summed E-state index contributed by atoms with van der Waals surface area (Å²) in [6.45, 7) is 4.67. The lowest BCUT2D eigenvalue weighted by atomic mass is 10.3. The van der Waals surface area contributed by atoms with Gasteiger partial charge in [-0.05, 0) is 25.5 Å². The third-order valence-corrected chi connectivity index (χ3v) is 2.47. The number of rotatable bonds is 6. The Kier molecular flexibility index (Phi) is 4.65. The molecule has 0 radical (unpaired) electrons. The Labute approximate surface area is 117 Å². The Balaban J connectivity index is 2.24. The Bertz CT molecular complexity index is 576. The Morgan fingerprint density at radius 3 is 2.70 bits per heavy atom. The van der Waals surface area contributed by atoms with E-state index in [1.807, 2.05) is 6.92 Å². The van der Waals surface area contributed by atoms with Gasteiger partial charge in [0.15, 0.2) is 5.75 Å². The molecule has 0 aliphatic heterocycles. The summed E-state index contributed by atoms with van der Waals surface area (Å²) in [4.78, 5) is 16.5. The zero-order valence-corrected chi connectivity index (χ0v) is 11.8. The Morgan fingerprint density at radius 1 is 1.20 bits per heavy atom. The van der Waals surface area contributed by atoms with E-state index in [9.17, 15) is 0 Å². The number of nitrogens with zero attached hydrogens (tertiary/aromatic N) is 4. The van der Waals surface area contributed by atoms with Crippen molar-refractivity contribution in [2.75, 3.05) is 19.0 Å². The first-order chi connectivity index (χ1) is 9.72. The molecule has 2 rings (SSSR count). The monoisotopic (exact) mass is 275 g/mol. The zero-order chi connectivity index (χ0) is 14.4. The first-order valence-electron chi connectivity index (χ1n) is 6.36. The minimum Gasteiger partial charge on any atom is -0.467 e. The molecule has 0 spiro atoms. The van der Waals surface area contributed by atoms with Crippen LogP contribution in [0.4, 0.5) is 5.95 Å². The summed E-state index contributed by atoms with van der Waals surface area (Å²) in [6, 6.07) is 3.97. The highest BCUT2D eigenvalue weighted by Gasteiger charge is 2.10. The number of anilines is 1. The largest absolute Gasteiger partial charge is 0.467 e. The molecular weight excluding hydrogens is 258 g/mol. The molecule has 0 saturated heterocycles. The molecule has 20 heavy (non-hydrogen) atoms. The van der Waals surface area contributed by atoms with Crippen LogP contribution in [0.25, 0.3) is 0 Å². The first kappa shape index (κ1) is 14.0. The van der Waals surface area contributed by atoms with E-state index in [0.717, 1.165) is 18.7 Å². The van der Waals surface area contributed by atoms with Crippen LogP contribution in [-0.2, 0) is 0 Å². The van der Waals surface area contributed by atoms with Gasteiger partial charge < -0.3 is 14.8 Å². The summed E-state index contributed by atoms with van der Waals surface area (Å²) in [5, 5.41) is 3.07. The fourth-order valence-electron chi connectivity index (χ4n) is 1.47. The van der Waals surface area contributed by atoms with Crippen LogP contribution in [0, 0.1) is 6.92 Å². The van der Waals surface area contributed by atoms with Gasteiger partial charge in [0.05, 0.1) is 12.8 Å². The standard InChI is InChI=1S/C13H17N5O2/c1-4-7-15-11-16-12(19-3)18-13(17-11)20-10-6-5-8-14-9(10)2/h5-6,8H,4,7H2,1-3H3,(H,15,16,17,18). The number of aromatic nitrogens is 4.